The highest BCUT2D eigenvalue weighted by Gasteiger charge is 2.46. The van der Waals surface area contributed by atoms with Crippen LogP contribution in [0, 0.1) is 0 Å². The molecule has 1 amide bonds. The summed E-state index contributed by atoms with van der Waals surface area (Å²) in [5, 5.41) is 11.4. The number of pyridine rings is 1. The number of benzene rings is 1. The first-order valence-electron chi connectivity index (χ1n) is 14.4. The van der Waals surface area contributed by atoms with Crippen LogP contribution >= 0.6 is 0 Å². The summed E-state index contributed by atoms with van der Waals surface area (Å²) in [4.78, 5) is 27.6. The molecular formula is C30H31N9O3S. The number of nitrogens with two attached hydrogens (primary N) is 1. The van der Waals surface area contributed by atoms with Crippen LogP contribution in [-0.2, 0) is 9.84 Å². The Morgan fingerprint density at radius 1 is 1.02 bits per heavy atom. The van der Waals surface area contributed by atoms with Gasteiger partial charge in [0.05, 0.1) is 22.8 Å². The van der Waals surface area contributed by atoms with Crippen molar-refractivity contribution >= 4 is 27.2 Å². The summed E-state index contributed by atoms with van der Waals surface area (Å²) >= 11 is 0. The van der Waals surface area contributed by atoms with Gasteiger partial charge in [0.1, 0.15) is 17.0 Å². The number of nitrogen functional groups attached to an aromatic ring is 1. The molecule has 2 fully saturated rings. The van der Waals surface area contributed by atoms with E-state index in [4.69, 9.17) is 10.7 Å². The van der Waals surface area contributed by atoms with Crippen molar-refractivity contribution in [3.05, 3.63) is 72.7 Å². The summed E-state index contributed by atoms with van der Waals surface area (Å²) in [6.45, 7) is 3.28. The Morgan fingerprint density at radius 2 is 1.77 bits per heavy atom. The van der Waals surface area contributed by atoms with E-state index in [-0.39, 0.29) is 40.4 Å². The predicted molar refractivity (Wildman–Crippen MR) is 160 cm³/mol. The van der Waals surface area contributed by atoms with Gasteiger partial charge >= 0.3 is 0 Å². The average Bonchev–Trinajstić information content (AvgIpc) is 3.76. The van der Waals surface area contributed by atoms with Gasteiger partial charge in [0.2, 0.25) is 5.82 Å². The van der Waals surface area contributed by atoms with Crippen LogP contribution < -0.4 is 5.73 Å². The van der Waals surface area contributed by atoms with Crippen LogP contribution in [0.5, 0.6) is 0 Å². The molecule has 0 unspecified atom stereocenters. The average molecular weight is 598 g/mol. The maximum absolute atomic E-state index is 13.8. The molecule has 2 aliphatic rings. The van der Waals surface area contributed by atoms with Gasteiger partial charge in [0.25, 0.3) is 5.91 Å². The molecule has 0 saturated carbocycles. The molecule has 0 spiro atoms. The fraction of sp³-hybridized carbons (Fsp3) is 0.333. The van der Waals surface area contributed by atoms with Crippen molar-refractivity contribution in [2.75, 3.05) is 5.73 Å². The standard InChI is InChI=1S/C30H31N9O3S/c1-17(2)43(41,42)26-25(20-12-21-9-10-22(13-20)38(21)30(40)28-33-16-34-37-28)36-29-23(15-35-39(29)27(26)31)19-8-11-24(32-14-19)18-6-4-3-5-7-18/h3-8,11,14-17,20-22H,9-10,12-13,31H2,1-2H3,(H,33,34,37)/t20-,21-,22+. The number of hydrogen-bond acceptors (Lipinski definition) is 9. The SMILES string of the molecule is CC(C)S(=O)(=O)c1c([C@@H]2C[C@H]3CC[C@@H](C2)N3C(=O)c2nnc[nH]2)nc2c(-c3ccc(-c4ccccc4)nc3)cnn2c1N. The van der Waals surface area contributed by atoms with E-state index in [0.717, 1.165) is 29.7 Å². The van der Waals surface area contributed by atoms with Crippen molar-refractivity contribution in [3.63, 3.8) is 0 Å². The molecule has 13 heteroatoms. The van der Waals surface area contributed by atoms with E-state index in [1.165, 1.54) is 10.8 Å². The molecule has 0 aliphatic carbocycles. The molecule has 12 nitrogen and oxygen atoms in total. The van der Waals surface area contributed by atoms with Crippen molar-refractivity contribution in [1.82, 2.24) is 39.7 Å². The van der Waals surface area contributed by atoms with Crippen LogP contribution in [0.15, 0.2) is 66.1 Å². The van der Waals surface area contributed by atoms with Crippen molar-refractivity contribution in [3.8, 4) is 22.4 Å². The molecule has 4 aromatic heterocycles. The zero-order valence-corrected chi connectivity index (χ0v) is 24.6. The third kappa shape index (κ3) is 4.46. The highest BCUT2D eigenvalue weighted by atomic mass is 32.2. The van der Waals surface area contributed by atoms with Crippen molar-refractivity contribution in [1.29, 1.82) is 0 Å². The van der Waals surface area contributed by atoms with E-state index in [2.05, 4.69) is 25.3 Å². The largest absolute Gasteiger partial charge is 0.382 e. The Hall–Kier alpha value is -4.65. The first kappa shape index (κ1) is 27.2. The maximum Gasteiger partial charge on any atom is 0.292 e. The zero-order valence-electron chi connectivity index (χ0n) is 23.8. The zero-order chi connectivity index (χ0) is 29.9. The summed E-state index contributed by atoms with van der Waals surface area (Å²) in [7, 11) is -3.81. The Balaban J connectivity index is 1.31. The lowest BCUT2D eigenvalue weighted by molar-refractivity contribution is 0.0556. The number of rotatable bonds is 6. The van der Waals surface area contributed by atoms with Gasteiger partial charge in [-0.1, -0.05) is 36.4 Å². The van der Waals surface area contributed by atoms with Crippen LogP contribution in [0.3, 0.4) is 0 Å². The Kier molecular flexibility index (Phi) is 6.49. The van der Waals surface area contributed by atoms with Gasteiger partial charge < -0.3 is 15.6 Å². The number of H-pyrrole nitrogens is 1. The number of carbonyl (C=O) groups is 1. The Morgan fingerprint density at radius 3 is 2.40 bits per heavy atom. The number of carbonyl (C=O) groups excluding carboxylic acids is 1. The number of fused-ring (bicyclic) bond motifs is 3. The lowest BCUT2D eigenvalue weighted by Crippen LogP contribution is -2.46. The lowest BCUT2D eigenvalue weighted by atomic mass is 9.87. The number of sulfone groups is 1. The molecule has 6 heterocycles. The van der Waals surface area contributed by atoms with Crippen LogP contribution in [0.1, 0.15) is 61.8 Å². The second-order valence-electron chi connectivity index (χ2n) is 11.5. The molecular weight excluding hydrogens is 566 g/mol. The fourth-order valence-corrected chi connectivity index (χ4v) is 7.88. The number of nitrogens with zero attached hydrogens (tertiary/aromatic N) is 7. The minimum absolute atomic E-state index is 0.0293. The molecule has 43 heavy (non-hydrogen) atoms. The Labute approximate surface area is 248 Å². The van der Waals surface area contributed by atoms with E-state index in [1.54, 1.807) is 26.2 Å². The number of hydrogen-bond donors (Lipinski definition) is 2. The van der Waals surface area contributed by atoms with Gasteiger partial charge in [0, 0.05) is 40.9 Å². The topological polar surface area (TPSA) is 165 Å². The quantitative estimate of drug-likeness (QED) is 0.295. The molecule has 2 aliphatic heterocycles. The maximum atomic E-state index is 13.8. The highest BCUT2D eigenvalue weighted by Crippen LogP contribution is 2.46. The molecule has 3 N–H and O–H groups in total. The molecule has 1 aromatic carbocycles. The van der Waals surface area contributed by atoms with Gasteiger partial charge in [-0.3, -0.25) is 9.78 Å². The minimum atomic E-state index is -3.81. The number of aromatic amines is 1. The van der Waals surface area contributed by atoms with E-state index >= 15 is 0 Å². The summed E-state index contributed by atoms with van der Waals surface area (Å²) < 4.78 is 28.9. The molecule has 2 saturated heterocycles. The van der Waals surface area contributed by atoms with Gasteiger partial charge in [-0.25, -0.2) is 13.4 Å². The number of anilines is 1. The number of amides is 1. The third-order valence-electron chi connectivity index (χ3n) is 8.69. The van der Waals surface area contributed by atoms with Crippen LogP contribution in [0.25, 0.3) is 28.0 Å². The van der Waals surface area contributed by atoms with Crippen LogP contribution in [0.2, 0.25) is 0 Å². The van der Waals surface area contributed by atoms with E-state index in [1.807, 2.05) is 47.4 Å². The first-order chi connectivity index (χ1) is 20.7. The second-order valence-corrected chi connectivity index (χ2v) is 13.9. The molecule has 5 aromatic rings. The minimum Gasteiger partial charge on any atom is -0.382 e. The van der Waals surface area contributed by atoms with Crippen molar-refractivity contribution in [2.24, 2.45) is 0 Å². The monoisotopic (exact) mass is 597 g/mol. The molecule has 7 rings (SSSR count). The highest BCUT2D eigenvalue weighted by molar-refractivity contribution is 7.92. The van der Waals surface area contributed by atoms with E-state index in [9.17, 15) is 13.2 Å². The van der Waals surface area contributed by atoms with Crippen LogP contribution in [0.4, 0.5) is 5.82 Å². The van der Waals surface area contributed by atoms with Gasteiger partial charge in [-0.2, -0.15) is 9.61 Å². The number of nitrogens with one attached hydrogen (secondary N) is 1. The summed E-state index contributed by atoms with van der Waals surface area (Å²) in [6, 6.07) is 13.6. The van der Waals surface area contributed by atoms with E-state index in [0.29, 0.717) is 29.7 Å². The van der Waals surface area contributed by atoms with Crippen molar-refractivity contribution < 1.29 is 13.2 Å². The second kappa shape index (κ2) is 10.3. The molecule has 220 valence electrons. The van der Waals surface area contributed by atoms with Gasteiger partial charge in [-0.15, -0.1) is 10.2 Å². The predicted octanol–water partition coefficient (Wildman–Crippen LogP) is 3.89. The van der Waals surface area contributed by atoms with Gasteiger partial charge in [0.15, 0.2) is 15.5 Å². The summed E-state index contributed by atoms with van der Waals surface area (Å²) in [5.74, 6) is -0.154. The van der Waals surface area contributed by atoms with Crippen molar-refractivity contribution in [2.45, 2.75) is 67.7 Å². The third-order valence-corrected chi connectivity index (χ3v) is 10.9. The number of piperidine rings is 1. The number of aromatic nitrogens is 7. The molecule has 0 radical (unpaired) electrons. The van der Waals surface area contributed by atoms with Gasteiger partial charge in [-0.05, 0) is 45.6 Å². The first-order valence-corrected chi connectivity index (χ1v) is 15.9. The normalized spacial score (nSPS) is 20.3. The van der Waals surface area contributed by atoms with Crippen LogP contribution in [-0.4, -0.2) is 71.3 Å². The van der Waals surface area contributed by atoms with E-state index < -0.39 is 15.1 Å². The molecule has 2 bridgehead atoms. The Bertz CT molecular complexity index is 1910. The fourth-order valence-electron chi connectivity index (χ4n) is 6.52. The smallest absolute Gasteiger partial charge is 0.292 e. The summed E-state index contributed by atoms with van der Waals surface area (Å²) in [5.41, 5.74) is 10.9. The lowest BCUT2D eigenvalue weighted by Gasteiger charge is -2.38. The summed E-state index contributed by atoms with van der Waals surface area (Å²) in [6.07, 6.45) is 7.58. The molecule has 3 atom stereocenters.